The Labute approximate surface area is 161 Å². The molecule has 0 radical (unpaired) electrons. The number of carboxylic acids is 1. The summed E-state index contributed by atoms with van der Waals surface area (Å²) in [6.07, 6.45) is 3.12. The third kappa shape index (κ3) is 4.48. The van der Waals surface area contributed by atoms with Crippen molar-refractivity contribution in [1.29, 1.82) is 0 Å². The highest BCUT2D eigenvalue weighted by molar-refractivity contribution is 6.31. The van der Waals surface area contributed by atoms with E-state index < -0.39 is 17.6 Å². The van der Waals surface area contributed by atoms with Crippen LogP contribution in [0.2, 0.25) is 5.02 Å². The molecule has 0 bridgehead atoms. The Morgan fingerprint density at radius 2 is 2.07 bits per heavy atom. The number of hydrogen-bond donors (Lipinski definition) is 1. The van der Waals surface area contributed by atoms with Gasteiger partial charge in [-0.05, 0) is 43.7 Å². The number of carbonyl (C=O) groups is 1. The number of aryl methyl sites for hydroxylation is 1. The summed E-state index contributed by atoms with van der Waals surface area (Å²) in [7, 11) is 0. The van der Waals surface area contributed by atoms with Crippen LogP contribution in [-0.2, 0) is 9.53 Å². The Hall–Kier alpha value is -2.38. The van der Waals surface area contributed by atoms with Gasteiger partial charge >= 0.3 is 5.97 Å². The van der Waals surface area contributed by atoms with Crippen LogP contribution >= 0.6 is 11.6 Å². The van der Waals surface area contributed by atoms with Crippen LogP contribution in [0, 0.1) is 12.8 Å². The molecule has 144 valence electrons. The lowest BCUT2D eigenvalue weighted by Crippen LogP contribution is -2.34. The molecule has 2 heterocycles. The highest BCUT2D eigenvalue weighted by atomic mass is 35.5. The van der Waals surface area contributed by atoms with Gasteiger partial charge in [0.2, 0.25) is 0 Å². The molecule has 2 aromatic rings. The lowest BCUT2D eigenvalue weighted by atomic mass is 9.92. The Bertz CT molecular complexity index is 877. The van der Waals surface area contributed by atoms with Gasteiger partial charge < -0.3 is 14.6 Å². The van der Waals surface area contributed by atoms with Crippen LogP contribution in [0.15, 0.2) is 35.3 Å². The smallest absolute Gasteiger partial charge is 0.328 e. The molecule has 1 atom stereocenters. The van der Waals surface area contributed by atoms with Gasteiger partial charge in [0, 0.05) is 13.2 Å². The number of rotatable bonds is 6. The van der Waals surface area contributed by atoms with Crippen molar-refractivity contribution in [2.45, 2.75) is 32.2 Å². The lowest BCUT2D eigenvalue weighted by molar-refractivity contribution is -0.142. The summed E-state index contributed by atoms with van der Waals surface area (Å²) in [5.41, 5.74) is 0.197. The molecule has 1 N–H and O–H groups in total. The molecular weight excluding hydrogens is 372 g/mol. The molecule has 1 aromatic heterocycles. The van der Waals surface area contributed by atoms with Crippen molar-refractivity contribution >= 4 is 17.6 Å². The fourth-order valence-corrected chi connectivity index (χ4v) is 3.29. The Morgan fingerprint density at radius 1 is 1.37 bits per heavy atom. The van der Waals surface area contributed by atoms with Crippen LogP contribution in [0.1, 0.15) is 30.9 Å². The molecule has 27 heavy (non-hydrogen) atoms. The summed E-state index contributed by atoms with van der Waals surface area (Å²) in [5, 5.41) is 13.5. The van der Waals surface area contributed by atoms with Gasteiger partial charge in [0.15, 0.2) is 16.8 Å². The lowest BCUT2D eigenvalue weighted by Gasteiger charge is -2.25. The van der Waals surface area contributed by atoms with Gasteiger partial charge in [-0.1, -0.05) is 29.8 Å². The number of para-hydroxylation sites is 1. The van der Waals surface area contributed by atoms with Crippen molar-refractivity contribution in [2.24, 2.45) is 5.92 Å². The number of carboxylic acid groups (broad SMARTS) is 1. The van der Waals surface area contributed by atoms with Gasteiger partial charge in [-0.3, -0.25) is 4.79 Å². The maximum atomic E-state index is 12.7. The third-order valence-electron chi connectivity index (χ3n) is 4.70. The molecule has 0 aliphatic carbocycles. The standard InChI is InChI=1S/C19H21ClN2O5/c1-12-4-2-3-5-15(12)27-16-11-21-22(18(23)17(16)20)14(19(24)25)10-13-6-8-26-9-7-13/h2-5,11,13-14H,6-10H2,1H3,(H,24,25). The number of nitrogens with zero attached hydrogens (tertiary/aromatic N) is 2. The highest BCUT2D eigenvalue weighted by Gasteiger charge is 2.28. The third-order valence-corrected chi connectivity index (χ3v) is 5.05. The zero-order valence-corrected chi connectivity index (χ0v) is 15.7. The molecule has 1 aromatic carbocycles. The van der Waals surface area contributed by atoms with Crippen LogP contribution < -0.4 is 10.3 Å². The van der Waals surface area contributed by atoms with Crippen LogP contribution in [0.4, 0.5) is 0 Å². The summed E-state index contributed by atoms with van der Waals surface area (Å²) < 4.78 is 11.9. The molecule has 8 heteroatoms. The number of hydrogen-bond acceptors (Lipinski definition) is 5. The first-order chi connectivity index (χ1) is 13.0. The first kappa shape index (κ1) is 19.4. The zero-order chi connectivity index (χ0) is 19.4. The predicted molar refractivity (Wildman–Crippen MR) is 99.6 cm³/mol. The summed E-state index contributed by atoms with van der Waals surface area (Å²) in [6, 6.07) is 6.22. The molecule has 1 aliphatic heterocycles. The maximum absolute atomic E-state index is 12.7. The van der Waals surface area contributed by atoms with Crippen molar-refractivity contribution in [2.75, 3.05) is 13.2 Å². The second kappa shape index (κ2) is 8.54. The number of halogens is 1. The average Bonchev–Trinajstić information content (AvgIpc) is 2.66. The normalized spacial score (nSPS) is 16.1. The topological polar surface area (TPSA) is 90.7 Å². The van der Waals surface area contributed by atoms with Gasteiger partial charge in [0.1, 0.15) is 5.75 Å². The van der Waals surface area contributed by atoms with Crippen LogP contribution in [-0.4, -0.2) is 34.1 Å². The Morgan fingerprint density at radius 3 is 2.74 bits per heavy atom. The first-order valence-electron chi connectivity index (χ1n) is 8.78. The van der Waals surface area contributed by atoms with E-state index in [1.165, 1.54) is 6.20 Å². The molecule has 0 spiro atoms. The van der Waals surface area contributed by atoms with Gasteiger partial charge in [-0.15, -0.1) is 0 Å². The van der Waals surface area contributed by atoms with Crippen molar-refractivity contribution in [3.8, 4) is 11.5 Å². The van der Waals surface area contributed by atoms with Crippen LogP contribution in [0.25, 0.3) is 0 Å². The van der Waals surface area contributed by atoms with Crippen molar-refractivity contribution in [3.63, 3.8) is 0 Å². The second-order valence-electron chi connectivity index (χ2n) is 6.59. The monoisotopic (exact) mass is 392 g/mol. The Kier molecular flexibility index (Phi) is 6.13. The number of aliphatic carboxylic acids is 1. The minimum absolute atomic E-state index is 0.0995. The fraction of sp³-hybridized carbons (Fsp3) is 0.421. The first-order valence-corrected chi connectivity index (χ1v) is 9.16. The van der Waals surface area contributed by atoms with E-state index in [9.17, 15) is 14.7 Å². The molecule has 7 nitrogen and oxygen atoms in total. The van der Waals surface area contributed by atoms with Gasteiger partial charge in [-0.2, -0.15) is 5.10 Å². The molecule has 0 saturated carbocycles. The van der Waals surface area contributed by atoms with E-state index >= 15 is 0 Å². The summed E-state index contributed by atoms with van der Waals surface area (Å²) in [4.78, 5) is 24.4. The summed E-state index contributed by atoms with van der Waals surface area (Å²) >= 11 is 6.18. The summed E-state index contributed by atoms with van der Waals surface area (Å²) in [6.45, 7) is 3.07. The highest BCUT2D eigenvalue weighted by Crippen LogP contribution is 2.30. The van der Waals surface area contributed by atoms with Crippen LogP contribution in [0.3, 0.4) is 0 Å². The van der Waals surface area contributed by atoms with Gasteiger partial charge in [-0.25, -0.2) is 9.48 Å². The van der Waals surface area contributed by atoms with Crippen molar-refractivity contribution in [3.05, 3.63) is 51.4 Å². The molecular formula is C19H21ClN2O5. The number of benzene rings is 1. The quantitative estimate of drug-likeness (QED) is 0.809. The van der Waals surface area contributed by atoms with E-state index in [1.807, 2.05) is 19.1 Å². The second-order valence-corrected chi connectivity index (χ2v) is 6.96. The fourth-order valence-electron chi connectivity index (χ4n) is 3.12. The molecule has 1 saturated heterocycles. The maximum Gasteiger partial charge on any atom is 0.328 e. The average molecular weight is 393 g/mol. The Balaban J connectivity index is 1.87. The number of ether oxygens (including phenoxy) is 2. The SMILES string of the molecule is Cc1ccccc1Oc1cnn(C(CC2CCOCC2)C(=O)O)c(=O)c1Cl. The van der Waals surface area contributed by atoms with Crippen LogP contribution in [0.5, 0.6) is 11.5 Å². The predicted octanol–water partition coefficient (Wildman–Crippen LogP) is 3.44. The van der Waals surface area contributed by atoms with E-state index in [-0.39, 0.29) is 16.7 Å². The van der Waals surface area contributed by atoms with Gasteiger partial charge in [0.25, 0.3) is 5.56 Å². The van der Waals surface area contributed by atoms with Gasteiger partial charge in [0.05, 0.1) is 6.20 Å². The molecule has 3 rings (SSSR count). The molecule has 1 unspecified atom stereocenters. The minimum Gasteiger partial charge on any atom is -0.480 e. The molecule has 1 aliphatic rings. The largest absolute Gasteiger partial charge is 0.480 e. The van der Waals surface area contributed by atoms with E-state index in [4.69, 9.17) is 21.1 Å². The van der Waals surface area contributed by atoms with E-state index in [1.54, 1.807) is 12.1 Å². The van der Waals surface area contributed by atoms with E-state index in [0.717, 1.165) is 23.1 Å². The van der Waals surface area contributed by atoms with Crippen molar-refractivity contribution < 1.29 is 19.4 Å². The molecule has 1 fully saturated rings. The number of aromatic nitrogens is 2. The summed E-state index contributed by atoms with van der Waals surface area (Å²) in [5.74, 6) is -0.298. The van der Waals surface area contributed by atoms with E-state index in [2.05, 4.69) is 5.10 Å². The zero-order valence-electron chi connectivity index (χ0n) is 14.9. The molecule has 0 amide bonds. The minimum atomic E-state index is -1.11. The van der Waals surface area contributed by atoms with Crippen molar-refractivity contribution in [1.82, 2.24) is 9.78 Å². The van der Waals surface area contributed by atoms with E-state index in [0.29, 0.717) is 25.4 Å².